The van der Waals surface area contributed by atoms with Crippen LogP contribution in [0.25, 0.3) is 0 Å². The van der Waals surface area contributed by atoms with Gasteiger partial charge >= 0.3 is 0 Å². The van der Waals surface area contributed by atoms with Crippen molar-refractivity contribution in [3.8, 4) is 11.5 Å². The van der Waals surface area contributed by atoms with Gasteiger partial charge in [0.25, 0.3) is 0 Å². The Balaban J connectivity index is 2.05. The zero-order valence-corrected chi connectivity index (χ0v) is 15.6. The highest BCUT2D eigenvalue weighted by Crippen LogP contribution is 2.32. The van der Waals surface area contributed by atoms with E-state index < -0.39 is 0 Å². The van der Waals surface area contributed by atoms with E-state index in [4.69, 9.17) is 28.9 Å². The lowest BCUT2D eigenvalue weighted by Gasteiger charge is -2.20. The molecule has 0 unspecified atom stereocenters. The van der Waals surface area contributed by atoms with Crippen molar-refractivity contribution >= 4 is 46.1 Å². The minimum atomic E-state index is -0.329. The molecule has 0 aromatic heterocycles. The maximum Gasteiger partial charge on any atom is 0.204 e. The van der Waals surface area contributed by atoms with Crippen molar-refractivity contribution < 1.29 is 15.0 Å². The minimum absolute atomic E-state index is 0.0135. The molecular weight excluding hydrogens is 389 g/mol. The van der Waals surface area contributed by atoms with Gasteiger partial charge in [-0.15, -0.1) is 0 Å². The summed E-state index contributed by atoms with van der Waals surface area (Å²) in [7, 11) is 0. The first kappa shape index (κ1) is 18.8. The topological polar surface area (TPSA) is 108 Å². The number of phenols is 2. The number of halogens is 2. The summed E-state index contributed by atoms with van der Waals surface area (Å²) < 4.78 is 0. The van der Waals surface area contributed by atoms with Gasteiger partial charge in [0, 0.05) is 23.8 Å². The van der Waals surface area contributed by atoms with E-state index >= 15 is 0 Å². The molecule has 8 heteroatoms. The molecule has 0 heterocycles. The van der Waals surface area contributed by atoms with Gasteiger partial charge in [-0.3, -0.25) is 4.79 Å². The number of benzene rings is 2. The summed E-state index contributed by atoms with van der Waals surface area (Å²) in [6, 6.07) is 8.73. The molecule has 0 fully saturated rings. The van der Waals surface area contributed by atoms with Crippen molar-refractivity contribution in [3.63, 3.8) is 0 Å². The molecule has 0 bridgehead atoms. The summed E-state index contributed by atoms with van der Waals surface area (Å²) in [6.07, 6.45) is 1.26. The maximum absolute atomic E-state index is 12.4. The summed E-state index contributed by atoms with van der Waals surface area (Å²) in [5.74, 6) is -0.299. The summed E-state index contributed by atoms with van der Waals surface area (Å²) in [4.78, 5) is 16.9. The Bertz CT molecular complexity index is 1040. The van der Waals surface area contributed by atoms with Crippen molar-refractivity contribution in [2.45, 2.75) is 6.92 Å². The normalized spacial score (nSPS) is 15.9. The van der Waals surface area contributed by atoms with Crippen LogP contribution in [0.5, 0.6) is 11.5 Å². The lowest BCUT2D eigenvalue weighted by molar-refractivity contribution is -0.111. The summed E-state index contributed by atoms with van der Waals surface area (Å²) in [5, 5.41) is 22.4. The third-order valence-electron chi connectivity index (χ3n) is 3.91. The molecule has 0 saturated heterocycles. The molecule has 0 radical (unpaired) electrons. The van der Waals surface area contributed by atoms with Crippen LogP contribution in [0.2, 0.25) is 10.0 Å². The lowest BCUT2D eigenvalue weighted by atomic mass is 9.97. The molecule has 27 heavy (non-hydrogen) atoms. The van der Waals surface area contributed by atoms with E-state index in [2.05, 4.69) is 10.3 Å². The second-order valence-electron chi connectivity index (χ2n) is 5.85. The van der Waals surface area contributed by atoms with Gasteiger partial charge in [-0.2, -0.15) is 0 Å². The Morgan fingerprint density at radius 3 is 2.30 bits per heavy atom. The van der Waals surface area contributed by atoms with E-state index in [1.807, 2.05) is 0 Å². The monoisotopic (exact) mass is 403 g/mol. The maximum atomic E-state index is 12.4. The molecule has 2 aromatic rings. The molecule has 0 aliphatic heterocycles. The van der Waals surface area contributed by atoms with Gasteiger partial charge in [0.1, 0.15) is 11.5 Å². The van der Waals surface area contributed by atoms with Crippen LogP contribution in [0.15, 0.2) is 64.4 Å². The second-order valence-corrected chi connectivity index (χ2v) is 6.66. The first-order chi connectivity index (χ1) is 12.8. The number of rotatable bonds is 3. The molecule has 3 rings (SSSR count). The number of carbonyl (C=O) groups is 1. The largest absolute Gasteiger partial charge is 0.508 e. The standard InChI is InChI=1S/C19H15Cl2N3O3/c1-9-18(23-15-4-2-10(25)6-12(15)20)14(22)8-17(27)19(9)24-16-5-3-11(26)7-13(16)21/h2-8,24-26H,22H2,1H3/b23-18+. The highest BCUT2D eigenvalue weighted by molar-refractivity contribution is 6.34. The van der Waals surface area contributed by atoms with E-state index in [0.29, 0.717) is 22.7 Å². The van der Waals surface area contributed by atoms with E-state index in [1.54, 1.807) is 19.1 Å². The Hall–Kier alpha value is -2.96. The first-order valence-corrected chi connectivity index (χ1v) is 8.57. The predicted octanol–water partition coefficient (Wildman–Crippen LogP) is 4.29. The average Bonchev–Trinajstić information content (AvgIpc) is 2.58. The Morgan fingerprint density at radius 2 is 1.67 bits per heavy atom. The van der Waals surface area contributed by atoms with Crippen LogP contribution in [0.1, 0.15) is 6.92 Å². The van der Waals surface area contributed by atoms with Gasteiger partial charge in [0.05, 0.1) is 38.5 Å². The predicted molar refractivity (Wildman–Crippen MR) is 107 cm³/mol. The molecule has 0 spiro atoms. The lowest BCUT2D eigenvalue weighted by Crippen LogP contribution is -2.26. The summed E-state index contributed by atoms with van der Waals surface area (Å²) in [5.41, 5.74) is 8.18. The van der Waals surface area contributed by atoms with Crippen LogP contribution in [0.4, 0.5) is 11.4 Å². The van der Waals surface area contributed by atoms with Crippen molar-refractivity contribution in [1.29, 1.82) is 0 Å². The molecule has 5 N–H and O–H groups in total. The molecule has 1 aliphatic carbocycles. The second kappa shape index (κ2) is 7.34. The number of carbonyl (C=O) groups excluding carboxylic acids is 1. The quantitative estimate of drug-likeness (QED) is 0.451. The van der Waals surface area contributed by atoms with Crippen LogP contribution in [0, 0.1) is 0 Å². The number of hydrogen-bond donors (Lipinski definition) is 4. The Labute approximate surface area is 165 Å². The molecule has 2 aromatic carbocycles. The summed E-state index contributed by atoms with van der Waals surface area (Å²) >= 11 is 12.2. The zero-order valence-electron chi connectivity index (χ0n) is 14.1. The SMILES string of the molecule is CC1=C(Nc2ccc(O)cc2Cl)C(=O)C=C(N)/C1=N/c1ccc(O)cc1Cl. The summed E-state index contributed by atoms with van der Waals surface area (Å²) in [6.45, 7) is 1.70. The number of nitrogens with one attached hydrogen (secondary N) is 1. The van der Waals surface area contributed by atoms with Crippen LogP contribution < -0.4 is 11.1 Å². The van der Waals surface area contributed by atoms with E-state index in [-0.39, 0.29) is 38.7 Å². The molecule has 6 nitrogen and oxygen atoms in total. The molecule has 1 aliphatic rings. The van der Waals surface area contributed by atoms with Crippen LogP contribution >= 0.6 is 23.2 Å². The number of ketones is 1. The van der Waals surface area contributed by atoms with E-state index in [9.17, 15) is 15.0 Å². The highest BCUT2D eigenvalue weighted by Gasteiger charge is 2.24. The number of anilines is 1. The third-order valence-corrected chi connectivity index (χ3v) is 4.53. The number of nitrogens with two attached hydrogens (primary N) is 1. The first-order valence-electron chi connectivity index (χ1n) is 7.82. The van der Waals surface area contributed by atoms with E-state index in [1.165, 1.54) is 30.3 Å². The van der Waals surface area contributed by atoms with Crippen LogP contribution in [-0.2, 0) is 4.79 Å². The highest BCUT2D eigenvalue weighted by atomic mass is 35.5. The van der Waals surface area contributed by atoms with E-state index in [0.717, 1.165) is 0 Å². The van der Waals surface area contributed by atoms with Gasteiger partial charge in [-0.05, 0) is 31.2 Å². The van der Waals surface area contributed by atoms with Crippen molar-refractivity contribution in [2.75, 3.05) is 5.32 Å². The zero-order chi connectivity index (χ0) is 19.7. The average molecular weight is 404 g/mol. The van der Waals surface area contributed by atoms with Gasteiger partial charge < -0.3 is 21.3 Å². The number of nitrogens with zero attached hydrogens (tertiary/aromatic N) is 1. The Morgan fingerprint density at radius 1 is 1.04 bits per heavy atom. The number of phenolic OH excluding ortho intramolecular Hbond substituents is 2. The number of aromatic hydroxyl groups is 2. The minimum Gasteiger partial charge on any atom is -0.508 e. The molecule has 0 amide bonds. The van der Waals surface area contributed by atoms with Gasteiger partial charge in [-0.25, -0.2) is 4.99 Å². The molecule has 0 saturated carbocycles. The van der Waals surface area contributed by atoms with Crippen LogP contribution in [0.3, 0.4) is 0 Å². The van der Waals surface area contributed by atoms with Crippen molar-refractivity contribution in [2.24, 2.45) is 10.7 Å². The molecule has 138 valence electrons. The fourth-order valence-corrected chi connectivity index (χ4v) is 2.99. The third kappa shape index (κ3) is 3.92. The Kier molecular flexibility index (Phi) is 5.12. The smallest absolute Gasteiger partial charge is 0.204 e. The van der Waals surface area contributed by atoms with Crippen molar-refractivity contribution in [3.05, 3.63) is 69.5 Å². The fraction of sp³-hybridized carbons (Fsp3) is 0.0526. The number of aliphatic imine (C=N–C) groups is 1. The van der Waals surface area contributed by atoms with Gasteiger partial charge in [0.2, 0.25) is 5.78 Å². The number of hydrogen-bond acceptors (Lipinski definition) is 6. The molecule has 0 atom stereocenters. The number of allylic oxidation sites excluding steroid dienone is 2. The van der Waals surface area contributed by atoms with Crippen molar-refractivity contribution in [1.82, 2.24) is 0 Å². The molecular formula is C19H15Cl2N3O3. The fourth-order valence-electron chi connectivity index (χ4n) is 2.55. The van der Waals surface area contributed by atoms with Gasteiger partial charge in [-0.1, -0.05) is 23.2 Å². The van der Waals surface area contributed by atoms with Crippen LogP contribution in [-0.4, -0.2) is 21.7 Å². The van der Waals surface area contributed by atoms with Gasteiger partial charge in [0.15, 0.2) is 0 Å².